The molecule has 0 spiro atoms. The van der Waals surface area contributed by atoms with Crippen LogP contribution in [-0.4, -0.2) is 0 Å². The normalized spacial score (nSPS) is 11.6. The van der Waals surface area contributed by atoms with Crippen LogP contribution in [0.25, 0.3) is 0 Å². The highest BCUT2D eigenvalue weighted by Gasteiger charge is 2.41. The molecule has 0 amide bonds. The molecule has 0 heteroatoms. The highest BCUT2D eigenvalue weighted by Crippen LogP contribution is 2.49. The van der Waals surface area contributed by atoms with E-state index in [1.165, 1.54) is 66.8 Å². The fraction of sp³-hybridized carbons (Fsp3) is 0.273. The van der Waals surface area contributed by atoms with Crippen LogP contribution in [0.15, 0.2) is 72.8 Å². The minimum atomic E-state index is -0.396. The van der Waals surface area contributed by atoms with Crippen LogP contribution < -0.4 is 0 Å². The smallest absolute Gasteiger partial charge is 0.0590 e. The van der Waals surface area contributed by atoms with E-state index in [9.17, 15) is 0 Å². The van der Waals surface area contributed by atoms with Crippen LogP contribution in [0.5, 0.6) is 0 Å². The molecule has 0 saturated heterocycles. The second-order valence-electron chi connectivity index (χ2n) is 9.85. The predicted molar refractivity (Wildman–Crippen MR) is 143 cm³/mol. The molecule has 4 rings (SSSR count). The van der Waals surface area contributed by atoms with Gasteiger partial charge in [-0.25, -0.2) is 0 Å². The molecule has 33 heavy (non-hydrogen) atoms. The molecule has 0 radical (unpaired) electrons. The minimum absolute atomic E-state index is 0.396. The van der Waals surface area contributed by atoms with E-state index < -0.39 is 5.41 Å². The largest absolute Gasteiger partial charge is 0.0706 e. The van der Waals surface area contributed by atoms with Gasteiger partial charge in [-0.1, -0.05) is 89.5 Å². The zero-order valence-electron chi connectivity index (χ0n) is 21.4. The van der Waals surface area contributed by atoms with Gasteiger partial charge in [0.1, 0.15) is 0 Å². The summed E-state index contributed by atoms with van der Waals surface area (Å²) in [7, 11) is 0. The molecule has 0 N–H and O–H groups in total. The fourth-order valence-electron chi connectivity index (χ4n) is 5.41. The Morgan fingerprint density at radius 2 is 0.576 bits per heavy atom. The van der Waals surface area contributed by atoms with E-state index in [1.54, 1.807) is 0 Å². The summed E-state index contributed by atoms with van der Waals surface area (Å²) < 4.78 is 0. The molecule has 4 aromatic carbocycles. The third-order valence-corrected chi connectivity index (χ3v) is 7.83. The molecule has 0 nitrogen and oxygen atoms in total. The average molecular weight is 433 g/mol. The van der Waals surface area contributed by atoms with Gasteiger partial charge in [0, 0.05) is 0 Å². The van der Waals surface area contributed by atoms with Crippen molar-refractivity contribution in [1.29, 1.82) is 0 Å². The van der Waals surface area contributed by atoms with Crippen molar-refractivity contribution in [3.05, 3.63) is 140 Å². The Bertz CT molecular complexity index is 1140. The lowest BCUT2D eigenvalue weighted by atomic mass is 9.61. The van der Waals surface area contributed by atoms with Crippen molar-refractivity contribution in [2.45, 2.75) is 60.8 Å². The first-order valence-electron chi connectivity index (χ1n) is 12.0. The van der Waals surface area contributed by atoms with Gasteiger partial charge < -0.3 is 0 Å². The molecular formula is C33H36. The molecule has 0 aliphatic carbocycles. The maximum atomic E-state index is 2.33. The summed E-state index contributed by atoms with van der Waals surface area (Å²) >= 11 is 0. The zero-order valence-corrected chi connectivity index (χ0v) is 21.4. The second-order valence-corrected chi connectivity index (χ2v) is 9.85. The van der Waals surface area contributed by atoms with Crippen molar-refractivity contribution in [3.63, 3.8) is 0 Å². The Morgan fingerprint density at radius 1 is 0.333 bits per heavy atom. The summed E-state index contributed by atoms with van der Waals surface area (Å²) in [5, 5.41) is 0. The monoisotopic (exact) mass is 432 g/mol. The molecule has 0 aromatic heterocycles. The van der Waals surface area contributed by atoms with E-state index in [-0.39, 0.29) is 0 Å². The molecule has 0 fully saturated rings. The van der Waals surface area contributed by atoms with Gasteiger partial charge in [-0.2, -0.15) is 0 Å². The third kappa shape index (κ3) is 3.72. The standard InChI is InChI=1S/C33H36/c1-21-9-15-29(16-10-21)33(30-17-11-22(2)12-18-30,31-19-13-23(3)14-20-31)32-27(7)25(5)24(4)26(6)28(32)8/h9-20H,1-8H3. The zero-order chi connectivity index (χ0) is 23.9. The Hall–Kier alpha value is -3.12. The summed E-state index contributed by atoms with van der Waals surface area (Å²) in [5.41, 5.74) is 15.8. The number of rotatable bonds is 4. The highest BCUT2D eigenvalue weighted by molar-refractivity contribution is 5.66. The van der Waals surface area contributed by atoms with Crippen LogP contribution in [0.4, 0.5) is 0 Å². The molecule has 0 unspecified atom stereocenters. The molecule has 0 heterocycles. The molecule has 0 saturated carbocycles. The quantitative estimate of drug-likeness (QED) is 0.283. The Labute approximate surface area is 200 Å². The number of aryl methyl sites for hydroxylation is 3. The summed E-state index contributed by atoms with van der Waals surface area (Å²) in [5.74, 6) is 0. The van der Waals surface area contributed by atoms with Gasteiger partial charge in [-0.15, -0.1) is 0 Å². The van der Waals surface area contributed by atoms with Gasteiger partial charge in [0.05, 0.1) is 5.41 Å². The summed E-state index contributed by atoms with van der Waals surface area (Å²) in [6, 6.07) is 27.5. The maximum absolute atomic E-state index is 2.33. The van der Waals surface area contributed by atoms with Crippen LogP contribution in [0.3, 0.4) is 0 Å². The molecular weight excluding hydrogens is 396 g/mol. The summed E-state index contributed by atoms with van der Waals surface area (Å²) in [6.45, 7) is 18.0. The third-order valence-electron chi connectivity index (χ3n) is 7.83. The van der Waals surface area contributed by atoms with E-state index in [0.717, 1.165) is 0 Å². The second kappa shape index (κ2) is 8.67. The van der Waals surface area contributed by atoms with Crippen LogP contribution >= 0.6 is 0 Å². The van der Waals surface area contributed by atoms with Crippen molar-refractivity contribution in [2.75, 3.05) is 0 Å². The van der Waals surface area contributed by atoms with Gasteiger partial charge in [-0.3, -0.25) is 0 Å². The minimum Gasteiger partial charge on any atom is -0.0590 e. The number of hydrogen-bond acceptors (Lipinski definition) is 0. The maximum Gasteiger partial charge on any atom is 0.0706 e. The first-order valence-corrected chi connectivity index (χ1v) is 12.0. The average Bonchev–Trinajstić information content (AvgIpc) is 2.81. The Morgan fingerprint density at radius 3 is 0.848 bits per heavy atom. The molecule has 4 aromatic rings. The van der Waals surface area contributed by atoms with Crippen molar-refractivity contribution < 1.29 is 0 Å². The van der Waals surface area contributed by atoms with Crippen molar-refractivity contribution in [1.82, 2.24) is 0 Å². The van der Waals surface area contributed by atoms with Crippen molar-refractivity contribution >= 4 is 0 Å². The van der Waals surface area contributed by atoms with E-state index in [0.29, 0.717) is 0 Å². The van der Waals surface area contributed by atoms with Crippen LogP contribution in [0.1, 0.15) is 66.8 Å². The van der Waals surface area contributed by atoms with Gasteiger partial charge in [0.15, 0.2) is 0 Å². The van der Waals surface area contributed by atoms with Crippen LogP contribution in [0.2, 0.25) is 0 Å². The topological polar surface area (TPSA) is 0 Å². The van der Waals surface area contributed by atoms with Gasteiger partial charge in [-0.05, 0) is 105 Å². The molecule has 0 atom stereocenters. The van der Waals surface area contributed by atoms with Crippen LogP contribution in [0, 0.1) is 55.4 Å². The molecule has 0 aliphatic rings. The van der Waals surface area contributed by atoms with Crippen molar-refractivity contribution in [3.8, 4) is 0 Å². The molecule has 0 bridgehead atoms. The van der Waals surface area contributed by atoms with E-state index in [4.69, 9.17) is 0 Å². The Kier molecular flexibility index (Phi) is 6.06. The van der Waals surface area contributed by atoms with E-state index in [1.807, 2.05) is 0 Å². The number of hydrogen-bond donors (Lipinski definition) is 0. The molecule has 168 valence electrons. The SMILES string of the molecule is Cc1ccc(C(c2ccc(C)cc2)(c2ccc(C)cc2)c2c(C)c(C)c(C)c(C)c2C)cc1. The summed E-state index contributed by atoms with van der Waals surface area (Å²) in [4.78, 5) is 0. The van der Waals surface area contributed by atoms with Gasteiger partial charge in [0.2, 0.25) is 0 Å². The van der Waals surface area contributed by atoms with Crippen LogP contribution in [-0.2, 0) is 5.41 Å². The van der Waals surface area contributed by atoms with E-state index >= 15 is 0 Å². The first kappa shape index (κ1) is 23.1. The van der Waals surface area contributed by atoms with Gasteiger partial charge in [0.25, 0.3) is 0 Å². The fourth-order valence-corrected chi connectivity index (χ4v) is 5.41. The van der Waals surface area contributed by atoms with E-state index in [2.05, 4.69) is 128 Å². The number of benzene rings is 4. The predicted octanol–water partition coefficient (Wildman–Crippen LogP) is 8.54. The highest BCUT2D eigenvalue weighted by atomic mass is 14.4. The Balaban J connectivity index is 2.27. The van der Waals surface area contributed by atoms with Crippen molar-refractivity contribution in [2.24, 2.45) is 0 Å². The first-order chi connectivity index (χ1) is 15.7. The lowest BCUT2D eigenvalue weighted by molar-refractivity contribution is 0.726. The summed E-state index contributed by atoms with van der Waals surface area (Å²) in [6.07, 6.45) is 0. The lowest BCUT2D eigenvalue weighted by Gasteiger charge is -2.40. The van der Waals surface area contributed by atoms with Gasteiger partial charge >= 0.3 is 0 Å². The lowest BCUT2D eigenvalue weighted by Crippen LogP contribution is -2.33. The molecule has 0 aliphatic heterocycles.